The minimum Gasteiger partial charge on any atom is -0.326 e. The first-order valence-electron chi connectivity index (χ1n) is 5.18. The van der Waals surface area contributed by atoms with Gasteiger partial charge < -0.3 is 5.73 Å². The highest BCUT2D eigenvalue weighted by Gasteiger charge is 2.12. The highest BCUT2D eigenvalue weighted by molar-refractivity contribution is 5.63. The minimum atomic E-state index is -0.0565. The van der Waals surface area contributed by atoms with E-state index in [4.69, 9.17) is 5.73 Å². The fourth-order valence-electron chi connectivity index (χ4n) is 1.82. The third-order valence-electron chi connectivity index (χ3n) is 2.65. The molecule has 4 nitrogen and oxygen atoms in total. The van der Waals surface area contributed by atoms with Crippen LogP contribution in [0.1, 0.15) is 11.1 Å². The van der Waals surface area contributed by atoms with Crippen LogP contribution in [0.3, 0.4) is 0 Å². The number of aryl methyl sites for hydroxylation is 2. The molecule has 0 aliphatic rings. The van der Waals surface area contributed by atoms with Gasteiger partial charge in [0.2, 0.25) is 0 Å². The fourth-order valence-corrected chi connectivity index (χ4v) is 1.82. The Morgan fingerprint density at radius 2 is 2.19 bits per heavy atom. The molecule has 0 saturated heterocycles. The Morgan fingerprint density at radius 1 is 1.44 bits per heavy atom. The van der Waals surface area contributed by atoms with Gasteiger partial charge in [0, 0.05) is 19.2 Å². The molecule has 0 saturated carbocycles. The lowest BCUT2D eigenvalue weighted by Gasteiger charge is -2.01. The summed E-state index contributed by atoms with van der Waals surface area (Å²) in [4.78, 5) is 11.7. The Labute approximate surface area is 93.7 Å². The summed E-state index contributed by atoms with van der Waals surface area (Å²) in [5.41, 5.74) is 9.16. The van der Waals surface area contributed by atoms with E-state index in [0.717, 1.165) is 16.8 Å². The topological polar surface area (TPSA) is 63.8 Å². The van der Waals surface area contributed by atoms with E-state index in [9.17, 15) is 4.79 Å². The third-order valence-corrected chi connectivity index (χ3v) is 2.65. The van der Waals surface area contributed by atoms with Gasteiger partial charge in [-0.3, -0.25) is 14.6 Å². The lowest BCUT2D eigenvalue weighted by molar-refractivity contribution is 0.739. The molecule has 0 atom stereocenters. The SMILES string of the molecule is Cc1cccc(-c2[nH]n(C)c(=O)c2CN)c1. The molecule has 1 aromatic heterocycles. The average Bonchev–Trinajstić information content (AvgIpc) is 2.55. The molecule has 0 bridgehead atoms. The van der Waals surface area contributed by atoms with E-state index in [1.807, 2.05) is 31.2 Å². The Balaban J connectivity index is 2.64. The molecule has 0 spiro atoms. The summed E-state index contributed by atoms with van der Waals surface area (Å²) in [6, 6.07) is 7.99. The van der Waals surface area contributed by atoms with Gasteiger partial charge in [-0.25, -0.2) is 0 Å². The van der Waals surface area contributed by atoms with Gasteiger partial charge in [-0.15, -0.1) is 0 Å². The standard InChI is InChI=1S/C12H15N3O/c1-8-4-3-5-9(6-8)11-10(7-13)12(16)15(2)14-11/h3-6,14H,7,13H2,1-2H3. The molecule has 0 unspecified atom stereocenters. The van der Waals surface area contributed by atoms with Gasteiger partial charge in [-0.2, -0.15) is 0 Å². The monoisotopic (exact) mass is 217 g/mol. The zero-order chi connectivity index (χ0) is 11.7. The second kappa shape index (κ2) is 3.98. The molecule has 1 aromatic carbocycles. The number of hydrogen-bond acceptors (Lipinski definition) is 2. The van der Waals surface area contributed by atoms with Crippen LogP contribution in [-0.4, -0.2) is 9.78 Å². The maximum Gasteiger partial charge on any atom is 0.271 e. The molecule has 0 radical (unpaired) electrons. The van der Waals surface area contributed by atoms with Gasteiger partial charge in [0.15, 0.2) is 0 Å². The van der Waals surface area contributed by atoms with Crippen LogP contribution in [-0.2, 0) is 13.6 Å². The highest BCUT2D eigenvalue weighted by atomic mass is 16.1. The maximum absolute atomic E-state index is 11.7. The second-order valence-corrected chi connectivity index (χ2v) is 3.90. The van der Waals surface area contributed by atoms with Crippen molar-refractivity contribution in [1.82, 2.24) is 9.78 Å². The predicted molar refractivity (Wildman–Crippen MR) is 64.1 cm³/mol. The number of nitrogens with zero attached hydrogens (tertiary/aromatic N) is 1. The largest absolute Gasteiger partial charge is 0.326 e. The van der Waals surface area contributed by atoms with Crippen molar-refractivity contribution in [2.45, 2.75) is 13.5 Å². The molecule has 16 heavy (non-hydrogen) atoms. The molecule has 0 amide bonds. The van der Waals surface area contributed by atoms with E-state index >= 15 is 0 Å². The molecule has 0 aliphatic carbocycles. The van der Waals surface area contributed by atoms with Crippen LogP contribution < -0.4 is 11.3 Å². The fraction of sp³-hybridized carbons (Fsp3) is 0.250. The van der Waals surface area contributed by atoms with Crippen molar-refractivity contribution in [3.8, 4) is 11.3 Å². The first-order valence-corrected chi connectivity index (χ1v) is 5.18. The summed E-state index contributed by atoms with van der Waals surface area (Å²) in [7, 11) is 1.70. The summed E-state index contributed by atoms with van der Waals surface area (Å²) in [6.45, 7) is 2.27. The summed E-state index contributed by atoms with van der Waals surface area (Å²) in [6.07, 6.45) is 0. The lowest BCUT2D eigenvalue weighted by Crippen LogP contribution is -2.17. The molecule has 2 aromatic rings. The van der Waals surface area contributed by atoms with Gasteiger partial charge in [-0.1, -0.05) is 23.8 Å². The molecule has 1 heterocycles. The zero-order valence-corrected chi connectivity index (χ0v) is 9.45. The average molecular weight is 217 g/mol. The Kier molecular flexibility index (Phi) is 2.66. The predicted octanol–water partition coefficient (Wildman–Crippen LogP) is 1.15. The first kappa shape index (κ1) is 10.7. The van der Waals surface area contributed by atoms with Crippen LogP contribution in [0.5, 0.6) is 0 Å². The van der Waals surface area contributed by atoms with Gasteiger partial charge in [0.05, 0.1) is 11.3 Å². The van der Waals surface area contributed by atoms with Crippen LogP contribution in [0.4, 0.5) is 0 Å². The number of hydrogen-bond donors (Lipinski definition) is 2. The van der Waals surface area contributed by atoms with Crippen LogP contribution in [0.15, 0.2) is 29.1 Å². The van der Waals surface area contributed by atoms with Crippen LogP contribution in [0, 0.1) is 6.92 Å². The summed E-state index contributed by atoms with van der Waals surface area (Å²) < 4.78 is 1.46. The number of rotatable bonds is 2. The third kappa shape index (κ3) is 1.67. The van der Waals surface area contributed by atoms with Crippen molar-refractivity contribution in [2.75, 3.05) is 0 Å². The summed E-state index contributed by atoms with van der Waals surface area (Å²) in [5, 5.41) is 3.03. The number of aromatic amines is 1. The quantitative estimate of drug-likeness (QED) is 0.792. The van der Waals surface area contributed by atoms with E-state index in [0.29, 0.717) is 5.56 Å². The smallest absolute Gasteiger partial charge is 0.271 e. The highest BCUT2D eigenvalue weighted by Crippen LogP contribution is 2.19. The molecular weight excluding hydrogens is 202 g/mol. The summed E-state index contributed by atoms with van der Waals surface area (Å²) >= 11 is 0. The van der Waals surface area contributed by atoms with Crippen molar-refractivity contribution < 1.29 is 0 Å². The van der Waals surface area contributed by atoms with Gasteiger partial charge in [0.1, 0.15) is 0 Å². The van der Waals surface area contributed by atoms with E-state index in [1.54, 1.807) is 7.05 Å². The van der Waals surface area contributed by atoms with Crippen molar-refractivity contribution in [2.24, 2.45) is 12.8 Å². The first-order chi connectivity index (χ1) is 7.63. The van der Waals surface area contributed by atoms with Crippen LogP contribution in [0.2, 0.25) is 0 Å². The minimum absolute atomic E-state index is 0.0565. The lowest BCUT2D eigenvalue weighted by atomic mass is 10.1. The number of nitrogens with one attached hydrogen (secondary N) is 1. The van der Waals surface area contributed by atoms with E-state index in [1.165, 1.54) is 4.68 Å². The zero-order valence-electron chi connectivity index (χ0n) is 9.45. The molecule has 3 N–H and O–H groups in total. The second-order valence-electron chi connectivity index (χ2n) is 3.90. The van der Waals surface area contributed by atoms with Gasteiger partial charge >= 0.3 is 0 Å². The van der Waals surface area contributed by atoms with Crippen molar-refractivity contribution >= 4 is 0 Å². The maximum atomic E-state index is 11.7. The van der Waals surface area contributed by atoms with Crippen LogP contribution in [0.25, 0.3) is 11.3 Å². The van der Waals surface area contributed by atoms with E-state index in [2.05, 4.69) is 5.10 Å². The molecular formula is C12H15N3O. The Morgan fingerprint density at radius 3 is 2.81 bits per heavy atom. The molecule has 0 aliphatic heterocycles. The normalized spacial score (nSPS) is 10.7. The van der Waals surface area contributed by atoms with Gasteiger partial charge in [0.25, 0.3) is 5.56 Å². The Hall–Kier alpha value is -1.81. The van der Waals surface area contributed by atoms with Crippen LogP contribution >= 0.6 is 0 Å². The summed E-state index contributed by atoms with van der Waals surface area (Å²) in [5.74, 6) is 0. The molecule has 2 rings (SSSR count). The Bertz CT molecular complexity index is 566. The molecule has 4 heteroatoms. The number of H-pyrrole nitrogens is 1. The van der Waals surface area contributed by atoms with E-state index < -0.39 is 0 Å². The molecule has 0 fully saturated rings. The van der Waals surface area contributed by atoms with E-state index in [-0.39, 0.29) is 12.1 Å². The number of aromatic nitrogens is 2. The van der Waals surface area contributed by atoms with Crippen molar-refractivity contribution in [1.29, 1.82) is 0 Å². The van der Waals surface area contributed by atoms with Crippen molar-refractivity contribution in [3.63, 3.8) is 0 Å². The van der Waals surface area contributed by atoms with Gasteiger partial charge in [-0.05, 0) is 13.0 Å². The van der Waals surface area contributed by atoms with Crippen molar-refractivity contribution in [3.05, 3.63) is 45.7 Å². The number of nitrogens with two attached hydrogens (primary N) is 1. The molecule has 84 valence electrons. The number of benzene rings is 1.